The third kappa shape index (κ3) is 3.74. The van der Waals surface area contributed by atoms with Crippen molar-refractivity contribution in [3.8, 4) is 0 Å². The van der Waals surface area contributed by atoms with Gasteiger partial charge in [0.05, 0.1) is 6.10 Å². The Hall–Kier alpha value is -0.0800. The Labute approximate surface area is 101 Å². The summed E-state index contributed by atoms with van der Waals surface area (Å²) in [6.45, 7) is 8.93. The van der Waals surface area contributed by atoms with E-state index in [1.807, 2.05) is 0 Å². The summed E-state index contributed by atoms with van der Waals surface area (Å²) in [6.07, 6.45) is 8.39. The number of hydrogen-bond acceptors (Lipinski definition) is 2. The van der Waals surface area contributed by atoms with E-state index in [1.165, 1.54) is 32.1 Å². The summed E-state index contributed by atoms with van der Waals surface area (Å²) in [5.74, 6) is 0. The van der Waals surface area contributed by atoms with Gasteiger partial charge < -0.3 is 5.11 Å². The molecule has 2 heteroatoms. The molecule has 0 aromatic heterocycles. The van der Waals surface area contributed by atoms with E-state index in [2.05, 4.69) is 25.7 Å². The lowest BCUT2D eigenvalue weighted by molar-refractivity contribution is -0.0137. The average molecular weight is 227 g/mol. The molecule has 1 heterocycles. The number of likely N-dealkylation sites (tertiary alicyclic amines) is 1. The van der Waals surface area contributed by atoms with E-state index >= 15 is 0 Å². The van der Waals surface area contributed by atoms with Gasteiger partial charge in [-0.3, -0.25) is 4.90 Å². The molecule has 1 fully saturated rings. The fourth-order valence-corrected chi connectivity index (χ4v) is 2.61. The van der Waals surface area contributed by atoms with Gasteiger partial charge >= 0.3 is 0 Å². The second-order valence-corrected chi connectivity index (χ2v) is 5.71. The SMILES string of the molecule is CCCCC(O)C(C)(C)N1CCCCCC1. The van der Waals surface area contributed by atoms with Gasteiger partial charge in [-0.25, -0.2) is 0 Å². The van der Waals surface area contributed by atoms with Crippen LogP contribution in [-0.2, 0) is 0 Å². The van der Waals surface area contributed by atoms with Crippen LogP contribution in [0, 0.1) is 0 Å². The van der Waals surface area contributed by atoms with Crippen molar-refractivity contribution in [2.45, 2.75) is 77.4 Å². The zero-order chi connectivity index (χ0) is 12.0. The van der Waals surface area contributed by atoms with E-state index in [9.17, 15) is 5.11 Å². The summed E-state index contributed by atoms with van der Waals surface area (Å²) >= 11 is 0. The summed E-state index contributed by atoms with van der Waals surface area (Å²) in [4.78, 5) is 2.50. The Morgan fingerprint density at radius 1 is 1.12 bits per heavy atom. The molecular weight excluding hydrogens is 198 g/mol. The molecule has 0 spiro atoms. The zero-order valence-electron chi connectivity index (χ0n) is 11.3. The molecule has 1 rings (SSSR count). The molecule has 96 valence electrons. The van der Waals surface area contributed by atoms with Gasteiger partial charge in [0.2, 0.25) is 0 Å². The average Bonchev–Trinajstić information content (AvgIpc) is 2.54. The number of aliphatic hydroxyl groups excluding tert-OH is 1. The highest BCUT2D eigenvalue weighted by atomic mass is 16.3. The zero-order valence-corrected chi connectivity index (χ0v) is 11.3. The van der Waals surface area contributed by atoms with E-state index in [4.69, 9.17) is 0 Å². The third-order valence-electron chi connectivity index (χ3n) is 4.07. The van der Waals surface area contributed by atoms with Crippen LogP contribution in [-0.4, -0.2) is 34.7 Å². The largest absolute Gasteiger partial charge is 0.391 e. The van der Waals surface area contributed by atoms with Crippen LogP contribution in [0.15, 0.2) is 0 Å². The molecule has 1 unspecified atom stereocenters. The van der Waals surface area contributed by atoms with Crippen molar-refractivity contribution in [3.05, 3.63) is 0 Å². The molecule has 16 heavy (non-hydrogen) atoms. The Balaban J connectivity index is 2.51. The highest BCUT2D eigenvalue weighted by Crippen LogP contribution is 2.25. The summed E-state index contributed by atoms with van der Waals surface area (Å²) in [7, 11) is 0. The molecule has 1 saturated heterocycles. The predicted molar refractivity (Wildman–Crippen MR) is 69.7 cm³/mol. The summed E-state index contributed by atoms with van der Waals surface area (Å²) in [6, 6.07) is 0. The maximum Gasteiger partial charge on any atom is 0.0718 e. The Bertz CT molecular complexity index is 183. The smallest absolute Gasteiger partial charge is 0.0718 e. The molecule has 1 aliphatic heterocycles. The molecule has 0 radical (unpaired) electrons. The van der Waals surface area contributed by atoms with Crippen LogP contribution >= 0.6 is 0 Å². The second-order valence-electron chi connectivity index (χ2n) is 5.71. The predicted octanol–water partition coefficient (Wildman–Crippen LogP) is 3.19. The van der Waals surface area contributed by atoms with E-state index in [-0.39, 0.29) is 11.6 Å². The van der Waals surface area contributed by atoms with Gasteiger partial charge in [-0.05, 0) is 46.2 Å². The van der Waals surface area contributed by atoms with Crippen molar-refractivity contribution in [2.75, 3.05) is 13.1 Å². The molecule has 2 nitrogen and oxygen atoms in total. The van der Waals surface area contributed by atoms with Crippen molar-refractivity contribution in [1.29, 1.82) is 0 Å². The monoisotopic (exact) mass is 227 g/mol. The van der Waals surface area contributed by atoms with Crippen LogP contribution < -0.4 is 0 Å². The van der Waals surface area contributed by atoms with Gasteiger partial charge in [0, 0.05) is 5.54 Å². The van der Waals surface area contributed by atoms with E-state index in [0.717, 1.165) is 25.9 Å². The Morgan fingerprint density at radius 3 is 2.19 bits per heavy atom. The Kier molecular flexibility index (Phi) is 5.77. The van der Waals surface area contributed by atoms with Crippen molar-refractivity contribution in [3.63, 3.8) is 0 Å². The lowest BCUT2D eigenvalue weighted by Gasteiger charge is -2.41. The van der Waals surface area contributed by atoms with Crippen LogP contribution in [0.2, 0.25) is 0 Å². The highest BCUT2D eigenvalue weighted by molar-refractivity contribution is 4.89. The minimum absolute atomic E-state index is 0.0422. The first-order valence-corrected chi connectivity index (χ1v) is 7.02. The molecular formula is C14H29NO. The van der Waals surface area contributed by atoms with Crippen LogP contribution in [0.3, 0.4) is 0 Å². The van der Waals surface area contributed by atoms with Gasteiger partial charge in [0.25, 0.3) is 0 Å². The summed E-state index contributed by atoms with van der Waals surface area (Å²) in [5.41, 5.74) is -0.0422. The van der Waals surface area contributed by atoms with Crippen LogP contribution in [0.4, 0.5) is 0 Å². The topological polar surface area (TPSA) is 23.5 Å². The number of rotatable bonds is 5. The van der Waals surface area contributed by atoms with E-state index in [0.29, 0.717) is 0 Å². The number of hydrogen-bond donors (Lipinski definition) is 1. The van der Waals surface area contributed by atoms with Gasteiger partial charge in [0.1, 0.15) is 0 Å². The molecule has 1 atom stereocenters. The van der Waals surface area contributed by atoms with Crippen LogP contribution in [0.5, 0.6) is 0 Å². The van der Waals surface area contributed by atoms with Crippen molar-refractivity contribution in [1.82, 2.24) is 4.90 Å². The first kappa shape index (κ1) is 14.0. The summed E-state index contributed by atoms with van der Waals surface area (Å²) in [5, 5.41) is 10.3. The number of nitrogens with zero attached hydrogens (tertiary/aromatic N) is 1. The normalized spacial score (nSPS) is 21.8. The minimum atomic E-state index is -0.175. The van der Waals surface area contributed by atoms with Gasteiger partial charge in [-0.15, -0.1) is 0 Å². The Morgan fingerprint density at radius 2 is 1.69 bits per heavy atom. The number of unbranched alkanes of at least 4 members (excludes halogenated alkanes) is 1. The van der Waals surface area contributed by atoms with Crippen LogP contribution in [0.1, 0.15) is 65.7 Å². The molecule has 1 aliphatic rings. The fraction of sp³-hybridized carbons (Fsp3) is 1.00. The molecule has 0 bridgehead atoms. The van der Waals surface area contributed by atoms with Crippen LogP contribution in [0.25, 0.3) is 0 Å². The highest BCUT2D eigenvalue weighted by Gasteiger charge is 2.33. The first-order valence-electron chi connectivity index (χ1n) is 7.02. The standard InChI is InChI=1S/C14H29NO/c1-4-5-10-13(16)14(2,3)15-11-8-6-7-9-12-15/h13,16H,4-12H2,1-3H3. The molecule has 1 N–H and O–H groups in total. The first-order chi connectivity index (χ1) is 7.59. The third-order valence-corrected chi connectivity index (χ3v) is 4.07. The molecule has 0 aromatic carbocycles. The van der Waals surface area contributed by atoms with Crippen molar-refractivity contribution in [2.24, 2.45) is 0 Å². The molecule has 0 saturated carbocycles. The maximum absolute atomic E-state index is 10.3. The maximum atomic E-state index is 10.3. The quantitative estimate of drug-likeness (QED) is 0.779. The fourth-order valence-electron chi connectivity index (χ4n) is 2.61. The summed E-state index contributed by atoms with van der Waals surface area (Å²) < 4.78 is 0. The van der Waals surface area contributed by atoms with Gasteiger partial charge in [-0.2, -0.15) is 0 Å². The van der Waals surface area contributed by atoms with E-state index < -0.39 is 0 Å². The van der Waals surface area contributed by atoms with Gasteiger partial charge in [0.15, 0.2) is 0 Å². The van der Waals surface area contributed by atoms with E-state index in [1.54, 1.807) is 0 Å². The number of aliphatic hydroxyl groups is 1. The van der Waals surface area contributed by atoms with Gasteiger partial charge in [-0.1, -0.05) is 32.6 Å². The second kappa shape index (κ2) is 6.61. The molecule has 0 aliphatic carbocycles. The lowest BCUT2D eigenvalue weighted by Crippen LogP contribution is -2.52. The minimum Gasteiger partial charge on any atom is -0.391 e. The van der Waals surface area contributed by atoms with Crippen molar-refractivity contribution >= 4 is 0 Å². The molecule has 0 aromatic rings. The lowest BCUT2D eigenvalue weighted by atomic mass is 9.91. The molecule has 0 amide bonds. The van der Waals surface area contributed by atoms with Crippen molar-refractivity contribution < 1.29 is 5.11 Å².